The molecular weight excluding hydrogens is 564 g/mol. The number of carbonyl (C=O) groups is 2. The van der Waals surface area contributed by atoms with Crippen molar-refractivity contribution in [3.63, 3.8) is 0 Å². The highest BCUT2D eigenvalue weighted by atomic mass is 19.1. The minimum atomic E-state index is -0.803. The number of hydrogen-bond acceptors (Lipinski definition) is 6. The molecule has 1 atom stereocenters. The first-order chi connectivity index (χ1) is 21.0. The molecule has 1 fully saturated rings. The van der Waals surface area contributed by atoms with E-state index in [0.717, 1.165) is 43.7 Å². The summed E-state index contributed by atoms with van der Waals surface area (Å²) in [4.78, 5) is 34.2. The highest BCUT2D eigenvalue weighted by molar-refractivity contribution is 6.46. The topological polar surface area (TPSA) is 116 Å². The second-order valence-corrected chi connectivity index (χ2v) is 13.3. The van der Waals surface area contributed by atoms with Crippen LogP contribution in [-0.2, 0) is 11.3 Å². The van der Waals surface area contributed by atoms with Crippen molar-refractivity contribution in [3.05, 3.63) is 76.6 Å². The second kappa shape index (κ2) is 12.9. The van der Waals surface area contributed by atoms with Crippen molar-refractivity contribution in [1.29, 1.82) is 0 Å². The van der Waals surface area contributed by atoms with E-state index in [-0.39, 0.29) is 41.1 Å². The number of tetrazole rings is 1. The van der Waals surface area contributed by atoms with Crippen LogP contribution in [0, 0.1) is 23.0 Å². The summed E-state index contributed by atoms with van der Waals surface area (Å²) in [5.74, 6) is -1.15. The van der Waals surface area contributed by atoms with E-state index in [0.29, 0.717) is 36.6 Å². The minimum absolute atomic E-state index is 0.00265. The van der Waals surface area contributed by atoms with Gasteiger partial charge >= 0.3 is 0 Å². The van der Waals surface area contributed by atoms with Crippen LogP contribution in [0.4, 0.5) is 8.78 Å². The summed E-state index contributed by atoms with van der Waals surface area (Å²) in [6.45, 7) is 8.81. The number of hydrogen-bond donors (Lipinski definition) is 2. The number of carbonyl (C=O) groups excluding carboxylic acids is 2. The number of amides is 2. The first-order valence-corrected chi connectivity index (χ1v) is 15.5. The zero-order valence-corrected chi connectivity index (χ0v) is 25.9. The lowest BCUT2D eigenvalue weighted by atomic mass is 9.78. The molecule has 11 heteroatoms. The third kappa shape index (κ3) is 7.03. The van der Waals surface area contributed by atoms with Gasteiger partial charge in [0, 0.05) is 17.2 Å². The third-order valence-electron chi connectivity index (χ3n) is 8.76. The number of benzene rings is 2. The summed E-state index contributed by atoms with van der Waals surface area (Å²) in [6, 6.07) is 10.1. The Balaban J connectivity index is 1.49. The van der Waals surface area contributed by atoms with E-state index in [2.05, 4.69) is 53.6 Å². The molecule has 0 saturated heterocycles. The fourth-order valence-electron chi connectivity index (χ4n) is 6.50. The molecule has 1 aliphatic heterocycles. The molecule has 234 valence electrons. The molecule has 1 spiro atoms. The Morgan fingerprint density at radius 3 is 2.39 bits per heavy atom. The molecular formula is C33H41F2N7O2. The second-order valence-electron chi connectivity index (χ2n) is 13.3. The van der Waals surface area contributed by atoms with Crippen molar-refractivity contribution in [3.8, 4) is 0 Å². The molecule has 9 nitrogen and oxygen atoms in total. The molecule has 1 unspecified atom stereocenters. The number of aromatic nitrogens is 4. The Morgan fingerprint density at radius 1 is 1.11 bits per heavy atom. The molecule has 1 aromatic heterocycles. The van der Waals surface area contributed by atoms with Crippen LogP contribution in [0.1, 0.15) is 112 Å². The Kier molecular flexibility index (Phi) is 9.22. The lowest BCUT2D eigenvalue weighted by molar-refractivity contribution is -0.133. The zero-order chi connectivity index (χ0) is 31.5. The van der Waals surface area contributed by atoms with Gasteiger partial charge in [0.2, 0.25) is 0 Å². The van der Waals surface area contributed by atoms with Gasteiger partial charge < -0.3 is 10.2 Å². The molecule has 0 bridgehead atoms. The molecule has 2 heterocycles. The molecule has 1 aliphatic carbocycles. The van der Waals surface area contributed by atoms with E-state index < -0.39 is 17.3 Å². The number of halogens is 2. The quantitative estimate of drug-likeness (QED) is 0.282. The fourth-order valence-corrected chi connectivity index (χ4v) is 6.50. The van der Waals surface area contributed by atoms with Crippen molar-refractivity contribution < 1.29 is 18.4 Å². The first kappa shape index (κ1) is 31.4. The molecule has 2 aromatic carbocycles. The van der Waals surface area contributed by atoms with Crippen LogP contribution < -0.4 is 5.32 Å². The summed E-state index contributed by atoms with van der Waals surface area (Å²) in [5.41, 5.74) is 0.805. The van der Waals surface area contributed by atoms with E-state index in [9.17, 15) is 18.4 Å². The normalized spacial score (nSPS) is 21.0. The maximum Gasteiger partial charge on any atom is 0.275 e. The van der Waals surface area contributed by atoms with Gasteiger partial charge in [-0.2, -0.15) is 5.21 Å². The number of nitrogens with zero attached hydrogens (tertiary/aromatic N) is 5. The van der Waals surface area contributed by atoms with Crippen molar-refractivity contribution in [1.82, 2.24) is 30.8 Å². The highest BCUT2D eigenvalue weighted by Crippen LogP contribution is 2.48. The lowest BCUT2D eigenvalue weighted by Crippen LogP contribution is -2.51. The predicted octanol–water partition coefficient (Wildman–Crippen LogP) is 6.29. The van der Waals surface area contributed by atoms with E-state index in [1.165, 1.54) is 12.1 Å². The summed E-state index contributed by atoms with van der Waals surface area (Å²) < 4.78 is 28.6. The molecule has 2 N–H and O–H groups in total. The van der Waals surface area contributed by atoms with Crippen LogP contribution in [0.15, 0.2) is 47.5 Å². The van der Waals surface area contributed by atoms with Crippen LogP contribution >= 0.6 is 0 Å². The molecule has 1 saturated carbocycles. The summed E-state index contributed by atoms with van der Waals surface area (Å²) >= 11 is 0. The maximum atomic E-state index is 14.4. The monoisotopic (exact) mass is 605 g/mol. The van der Waals surface area contributed by atoms with Crippen LogP contribution in [0.5, 0.6) is 0 Å². The SMILES string of the molecule is CCCC1CCC2(CC1)N=C(c1cc(F)cc(F)c1)C(=O)N2C(CCC(C)(C)C)c1ccc(C(=O)NCc2nn[nH]n2)cc1. The number of rotatable bonds is 10. The van der Waals surface area contributed by atoms with Crippen LogP contribution in [0.25, 0.3) is 0 Å². The average Bonchev–Trinajstić information content (AvgIpc) is 3.59. The van der Waals surface area contributed by atoms with Gasteiger partial charge in [0.05, 0.1) is 12.6 Å². The van der Waals surface area contributed by atoms with E-state index in [1.54, 1.807) is 12.1 Å². The largest absolute Gasteiger partial charge is 0.345 e. The smallest absolute Gasteiger partial charge is 0.275 e. The standard InChI is InChI=1S/C33H41F2N7O2/c1-5-6-21-11-15-33(16-12-21)37-29(24-17-25(34)19-26(35)18-24)31(44)42(33)27(13-14-32(2,3)4)22-7-9-23(10-8-22)30(43)36-20-28-38-40-41-39-28/h7-10,17-19,21,27H,5-6,11-16,20H2,1-4H3,(H,36,43)(H,38,39,40,41). The van der Waals surface area contributed by atoms with Gasteiger partial charge in [0.15, 0.2) is 5.82 Å². The Labute approximate surface area is 256 Å². The van der Waals surface area contributed by atoms with Crippen molar-refractivity contribution in [2.45, 2.75) is 97.3 Å². The summed E-state index contributed by atoms with van der Waals surface area (Å²) in [5, 5.41) is 16.3. The van der Waals surface area contributed by atoms with Gasteiger partial charge in [-0.05, 0) is 79.7 Å². The molecule has 0 radical (unpaired) electrons. The molecule has 2 amide bonds. The van der Waals surface area contributed by atoms with Crippen LogP contribution in [0.3, 0.4) is 0 Å². The van der Waals surface area contributed by atoms with Crippen molar-refractivity contribution in [2.24, 2.45) is 16.3 Å². The molecule has 44 heavy (non-hydrogen) atoms. The lowest BCUT2D eigenvalue weighted by Gasteiger charge is -2.46. The van der Waals surface area contributed by atoms with Gasteiger partial charge in [-0.1, -0.05) is 57.9 Å². The Morgan fingerprint density at radius 2 is 1.80 bits per heavy atom. The third-order valence-corrected chi connectivity index (χ3v) is 8.76. The molecule has 5 rings (SSSR count). The molecule has 2 aliphatic rings. The Bertz CT molecular complexity index is 1470. The Hall–Kier alpha value is -4.02. The van der Waals surface area contributed by atoms with Crippen molar-refractivity contribution in [2.75, 3.05) is 0 Å². The summed E-state index contributed by atoms with van der Waals surface area (Å²) in [6.07, 6.45) is 6.95. The van der Waals surface area contributed by atoms with E-state index in [4.69, 9.17) is 4.99 Å². The number of nitrogens with one attached hydrogen (secondary N) is 2. The fraction of sp³-hybridized carbons (Fsp3) is 0.515. The predicted molar refractivity (Wildman–Crippen MR) is 163 cm³/mol. The van der Waals surface area contributed by atoms with E-state index >= 15 is 0 Å². The minimum Gasteiger partial charge on any atom is -0.345 e. The highest BCUT2D eigenvalue weighted by Gasteiger charge is 2.52. The zero-order valence-electron chi connectivity index (χ0n) is 25.9. The van der Waals surface area contributed by atoms with Gasteiger partial charge in [0.25, 0.3) is 11.8 Å². The van der Waals surface area contributed by atoms with Gasteiger partial charge in [-0.3, -0.25) is 14.6 Å². The van der Waals surface area contributed by atoms with E-state index in [1.807, 2.05) is 17.0 Å². The van der Waals surface area contributed by atoms with Crippen LogP contribution in [0.2, 0.25) is 0 Å². The van der Waals surface area contributed by atoms with Gasteiger partial charge in [-0.15, -0.1) is 10.2 Å². The first-order valence-electron chi connectivity index (χ1n) is 15.5. The number of aromatic amines is 1. The maximum absolute atomic E-state index is 14.4. The van der Waals surface area contributed by atoms with Crippen LogP contribution in [-0.4, -0.2) is 48.7 Å². The number of aliphatic imine (C=N–C) groups is 1. The van der Waals surface area contributed by atoms with Gasteiger partial charge in [0.1, 0.15) is 23.0 Å². The number of H-pyrrole nitrogens is 1. The van der Waals surface area contributed by atoms with Gasteiger partial charge in [-0.25, -0.2) is 8.78 Å². The molecule has 3 aromatic rings. The van der Waals surface area contributed by atoms with Crippen molar-refractivity contribution >= 4 is 17.5 Å². The average molecular weight is 606 g/mol. The summed E-state index contributed by atoms with van der Waals surface area (Å²) in [7, 11) is 0.